The van der Waals surface area contributed by atoms with Gasteiger partial charge in [-0.25, -0.2) is 0 Å². The highest BCUT2D eigenvalue weighted by atomic mass is 16.4. The number of ketones is 1. The Labute approximate surface area is 145 Å². The average molecular weight is 336 g/mol. The molecular weight excluding hydrogens is 304 g/mol. The van der Waals surface area contributed by atoms with Crippen molar-refractivity contribution in [3.05, 3.63) is 0 Å². The van der Waals surface area contributed by atoms with Crippen LogP contribution in [0.5, 0.6) is 0 Å². The first-order chi connectivity index (χ1) is 11.2. The van der Waals surface area contributed by atoms with Crippen molar-refractivity contribution >= 4 is 11.8 Å². The van der Waals surface area contributed by atoms with Crippen LogP contribution in [0.2, 0.25) is 0 Å². The van der Waals surface area contributed by atoms with Crippen LogP contribution in [0.3, 0.4) is 0 Å². The predicted molar refractivity (Wildman–Crippen MR) is 91.4 cm³/mol. The number of fused-ring (bicyclic) bond motifs is 3. The molecule has 2 N–H and O–H groups in total. The third-order valence-corrected chi connectivity index (χ3v) is 8.11. The van der Waals surface area contributed by atoms with E-state index >= 15 is 0 Å². The van der Waals surface area contributed by atoms with Gasteiger partial charge in [-0.1, -0.05) is 13.8 Å². The largest absolute Gasteiger partial charge is 0.481 e. The summed E-state index contributed by atoms with van der Waals surface area (Å²) < 4.78 is 0. The normalized spacial score (nSPS) is 46.2. The second-order valence-corrected chi connectivity index (χ2v) is 9.12. The van der Waals surface area contributed by atoms with Crippen LogP contribution in [0.4, 0.5) is 0 Å². The van der Waals surface area contributed by atoms with E-state index in [1.54, 1.807) is 0 Å². The lowest BCUT2D eigenvalue weighted by Crippen LogP contribution is -2.53. The fourth-order valence-electron chi connectivity index (χ4n) is 6.80. The van der Waals surface area contributed by atoms with Gasteiger partial charge in [-0.15, -0.1) is 0 Å². The Balaban J connectivity index is 1.86. The number of hydrogen-bond acceptors (Lipinski definition) is 3. The van der Waals surface area contributed by atoms with Crippen LogP contribution in [-0.4, -0.2) is 28.1 Å². The highest BCUT2D eigenvalue weighted by molar-refractivity contribution is 5.86. The fraction of sp³-hybridized carbons (Fsp3) is 0.900. The van der Waals surface area contributed by atoms with Gasteiger partial charge in [0.25, 0.3) is 0 Å². The minimum Gasteiger partial charge on any atom is -0.481 e. The molecule has 136 valence electrons. The summed E-state index contributed by atoms with van der Waals surface area (Å²) in [5, 5.41) is 19.3. The first-order valence-corrected chi connectivity index (χ1v) is 9.63. The molecule has 0 heterocycles. The summed E-state index contributed by atoms with van der Waals surface area (Å²) in [6.07, 6.45) is 6.16. The molecule has 3 rings (SSSR count). The molecule has 3 aliphatic rings. The predicted octanol–water partition coefficient (Wildman–Crippen LogP) is 3.66. The number of Topliss-reactive ketones (excluding diaryl/α,β-unsaturated/α-hetero) is 1. The van der Waals surface area contributed by atoms with E-state index in [1.807, 2.05) is 13.8 Å². The third-order valence-electron chi connectivity index (χ3n) is 8.11. The van der Waals surface area contributed by atoms with Crippen LogP contribution in [0.25, 0.3) is 0 Å². The first-order valence-electron chi connectivity index (χ1n) is 9.63. The van der Waals surface area contributed by atoms with E-state index in [4.69, 9.17) is 5.11 Å². The van der Waals surface area contributed by atoms with Crippen LogP contribution in [0, 0.1) is 34.5 Å². The zero-order valence-electron chi connectivity index (χ0n) is 15.3. The molecule has 0 aromatic heterocycles. The van der Waals surface area contributed by atoms with E-state index in [2.05, 4.69) is 6.92 Å². The highest BCUT2D eigenvalue weighted by Gasteiger charge is 2.59. The van der Waals surface area contributed by atoms with E-state index in [0.717, 1.165) is 32.1 Å². The lowest BCUT2D eigenvalue weighted by molar-refractivity contribution is -0.149. The molecule has 0 aromatic rings. The van der Waals surface area contributed by atoms with Crippen molar-refractivity contribution in [1.82, 2.24) is 0 Å². The Hall–Kier alpha value is -0.900. The van der Waals surface area contributed by atoms with Crippen LogP contribution < -0.4 is 0 Å². The van der Waals surface area contributed by atoms with E-state index in [1.165, 1.54) is 0 Å². The number of carbonyl (C=O) groups is 2. The molecule has 24 heavy (non-hydrogen) atoms. The van der Waals surface area contributed by atoms with Gasteiger partial charge in [0.15, 0.2) is 0 Å². The van der Waals surface area contributed by atoms with Crippen molar-refractivity contribution in [1.29, 1.82) is 0 Å². The SMILES string of the molecule is C[C@H](O)[C@@H]1CC[C@@H]2[C@@H]3CCC(=O)[C@](C)(CCC(=O)O)[C@@H]3CC[C@]21C. The fourth-order valence-corrected chi connectivity index (χ4v) is 6.80. The number of carboxylic acid groups (broad SMARTS) is 1. The second-order valence-electron chi connectivity index (χ2n) is 9.12. The molecule has 4 heteroatoms. The first kappa shape index (κ1) is 17.9. The molecule has 3 saturated carbocycles. The summed E-state index contributed by atoms with van der Waals surface area (Å²) in [5.41, 5.74) is -0.283. The monoisotopic (exact) mass is 336 g/mol. The summed E-state index contributed by atoms with van der Waals surface area (Å²) in [6, 6.07) is 0. The Bertz CT molecular complexity index is 528. The standard InChI is InChI=1S/C20H32O4/c1-12(21)14-5-6-15-13-4-7-17(22)20(3,11-9-18(23)24)16(13)8-10-19(14,15)2/h12-16,21H,4-11H2,1-3H3,(H,23,24)/t12-,13-,14-,15+,16+,19-,20+/m0/s1. The summed E-state index contributed by atoms with van der Waals surface area (Å²) >= 11 is 0. The van der Waals surface area contributed by atoms with Crippen molar-refractivity contribution < 1.29 is 19.8 Å². The van der Waals surface area contributed by atoms with Crippen LogP contribution in [0.1, 0.15) is 72.1 Å². The van der Waals surface area contributed by atoms with E-state index < -0.39 is 11.4 Å². The van der Waals surface area contributed by atoms with Gasteiger partial charge in [-0.05, 0) is 74.5 Å². The molecule has 0 saturated heterocycles. The average Bonchev–Trinajstić information content (AvgIpc) is 2.86. The minimum atomic E-state index is -0.804. The molecule has 3 fully saturated rings. The molecule has 0 radical (unpaired) electrons. The Morgan fingerprint density at radius 3 is 2.54 bits per heavy atom. The number of aliphatic hydroxyl groups excluding tert-OH is 1. The zero-order valence-corrected chi connectivity index (χ0v) is 15.3. The van der Waals surface area contributed by atoms with Crippen LogP contribution in [0.15, 0.2) is 0 Å². The third kappa shape index (κ3) is 2.61. The van der Waals surface area contributed by atoms with Gasteiger partial charge in [0.05, 0.1) is 6.10 Å². The summed E-state index contributed by atoms with van der Waals surface area (Å²) in [5.74, 6) is 1.26. The van der Waals surface area contributed by atoms with Gasteiger partial charge in [0, 0.05) is 18.3 Å². The van der Waals surface area contributed by atoms with E-state index in [9.17, 15) is 14.7 Å². The smallest absolute Gasteiger partial charge is 0.303 e. The maximum atomic E-state index is 12.7. The quantitative estimate of drug-likeness (QED) is 0.821. The highest BCUT2D eigenvalue weighted by Crippen LogP contribution is 2.65. The Morgan fingerprint density at radius 2 is 1.92 bits per heavy atom. The molecule has 0 aliphatic heterocycles. The maximum Gasteiger partial charge on any atom is 0.303 e. The molecule has 7 atom stereocenters. The number of carboxylic acids is 1. The zero-order chi connectivity index (χ0) is 17.7. The number of rotatable bonds is 4. The molecule has 0 amide bonds. The van der Waals surface area contributed by atoms with Crippen molar-refractivity contribution in [2.75, 3.05) is 0 Å². The molecule has 0 spiro atoms. The number of aliphatic hydroxyl groups is 1. The van der Waals surface area contributed by atoms with Gasteiger partial charge in [0.2, 0.25) is 0 Å². The van der Waals surface area contributed by atoms with Crippen molar-refractivity contribution in [3.8, 4) is 0 Å². The van der Waals surface area contributed by atoms with E-state index in [0.29, 0.717) is 36.5 Å². The molecule has 0 aromatic carbocycles. The molecule has 3 aliphatic carbocycles. The van der Waals surface area contributed by atoms with Gasteiger partial charge < -0.3 is 10.2 Å². The van der Waals surface area contributed by atoms with Gasteiger partial charge in [-0.2, -0.15) is 0 Å². The van der Waals surface area contributed by atoms with Crippen molar-refractivity contribution in [3.63, 3.8) is 0 Å². The molecule has 4 nitrogen and oxygen atoms in total. The lowest BCUT2D eigenvalue weighted by Gasteiger charge is -2.56. The summed E-state index contributed by atoms with van der Waals surface area (Å²) in [7, 11) is 0. The van der Waals surface area contributed by atoms with Gasteiger partial charge in [-0.3, -0.25) is 9.59 Å². The topological polar surface area (TPSA) is 74.6 Å². The maximum absolute atomic E-state index is 12.7. The van der Waals surface area contributed by atoms with Crippen LogP contribution >= 0.6 is 0 Å². The Morgan fingerprint density at radius 1 is 1.21 bits per heavy atom. The van der Waals surface area contributed by atoms with Crippen molar-refractivity contribution in [2.24, 2.45) is 34.5 Å². The summed E-state index contributed by atoms with van der Waals surface area (Å²) in [4.78, 5) is 23.8. The van der Waals surface area contributed by atoms with Crippen LogP contribution in [-0.2, 0) is 9.59 Å². The number of hydrogen-bond donors (Lipinski definition) is 2. The number of carbonyl (C=O) groups excluding carboxylic acids is 1. The van der Waals surface area contributed by atoms with E-state index in [-0.39, 0.29) is 23.7 Å². The minimum absolute atomic E-state index is 0.0870. The molecule has 0 bridgehead atoms. The lowest BCUT2D eigenvalue weighted by atomic mass is 9.48. The molecule has 0 unspecified atom stereocenters. The second kappa shape index (κ2) is 6.12. The van der Waals surface area contributed by atoms with Gasteiger partial charge >= 0.3 is 5.97 Å². The van der Waals surface area contributed by atoms with Gasteiger partial charge in [0.1, 0.15) is 5.78 Å². The van der Waals surface area contributed by atoms with Crippen molar-refractivity contribution in [2.45, 2.75) is 78.2 Å². The molecular formula is C20H32O4. The number of aliphatic carboxylic acids is 1. The Kier molecular flexibility index (Phi) is 4.57. The summed E-state index contributed by atoms with van der Waals surface area (Å²) in [6.45, 7) is 6.30.